The Labute approximate surface area is 165 Å². The van der Waals surface area contributed by atoms with Crippen LogP contribution in [0.5, 0.6) is 0 Å². The Morgan fingerprint density at radius 2 is 1.93 bits per heavy atom. The Morgan fingerprint density at radius 3 is 2.71 bits per heavy atom. The van der Waals surface area contributed by atoms with Crippen LogP contribution in [0.15, 0.2) is 54.7 Å². The number of fused-ring (bicyclic) bond motifs is 1. The predicted octanol–water partition coefficient (Wildman–Crippen LogP) is 2.27. The van der Waals surface area contributed by atoms with Gasteiger partial charge < -0.3 is 4.90 Å². The van der Waals surface area contributed by atoms with Gasteiger partial charge in [0.15, 0.2) is 0 Å². The van der Waals surface area contributed by atoms with E-state index in [2.05, 4.69) is 40.0 Å². The Hall–Kier alpha value is -2.55. The second-order valence-corrected chi connectivity index (χ2v) is 8.85. The largest absolute Gasteiger partial charge is 0.339 e. The van der Waals surface area contributed by atoms with E-state index in [1.54, 1.807) is 13.2 Å². The molecule has 28 heavy (non-hydrogen) atoms. The molecule has 0 radical (unpaired) electrons. The third kappa shape index (κ3) is 3.58. The van der Waals surface area contributed by atoms with Crippen molar-refractivity contribution in [3.8, 4) is 11.3 Å². The zero-order chi connectivity index (χ0) is 19.7. The molecule has 0 aliphatic carbocycles. The summed E-state index contributed by atoms with van der Waals surface area (Å²) in [5.74, 6) is 0.628. The molecule has 0 bridgehead atoms. The zero-order valence-electron chi connectivity index (χ0n) is 15.9. The van der Waals surface area contributed by atoms with E-state index in [1.807, 2.05) is 23.1 Å². The molecule has 2 heterocycles. The van der Waals surface area contributed by atoms with Crippen molar-refractivity contribution in [3.05, 3.63) is 54.7 Å². The lowest BCUT2D eigenvalue weighted by Gasteiger charge is -2.23. The molecule has 7 nitrogen and oxygen atoms in total. The molecule has 0 amide bonds. The lowest BCUT2D eigenvalue weighted by Crippen LogP contribution is -2.44. The van der Waals surface area contributed by atoms with Crippen molar-refractivity contribution in [2.24, 2.45) is 0 Å². The highest BCUT2D eigenvalue weighted by Gasteiger charge is 2.32. The van der Waals surface area contributed by atoms with Gasteiger partial charge in [-0.05, 0) is 29.3 Å². The molecular formula is C20H23N5O2S. The van der Waals surface area contributed by atoms with Gasteiger partial charge in [0, 0.05) is 45.0 Å². The van der Waals surface area contributed by atoms with Crippen molar-refractivity contribution in [2.45, 2.75) is 12.5 Å². The van der Waals surface area contributed by atoms with Crippen LogP contribution in [-0.2, 0) is 10.2 Å². The van der Waals surface area contributed by atoms with Crippen molar-refractivity contribution in [3.63, 3.8) is 0 Å². The van der Waals surface area contributed by atoms with E-state index in [0.717, 1.165) is 24.2 Å². The van der Waals surface area contributed by atoms with Gasteiger partial charge in [-0.15, -0.1) is 0 Å². The maximum Gasteiger partial charge on any atom is 0.279 e. The average molecular weight is 398 g/mol. The third-order valence-corrected chi connectivity index (χ3v) is 6.86. The first-order chi connectivity index (χ1) is 13.5. The lowest BCUT2D eigenvalue weighted by molar-refractivity contribution is 0.385. The highest BCUT2D eigenvalue weighted by molar-refractivity contribution is 7.87. The molecule has 4 rings (SSSR count). The average Bonchev–Trinajstić information content (AvgIpc) is 3.23. The Bertz CT molecular complexity index is 1100. The van der Waals surface area contributed by atoms with Crippen LogP contribution in [0.2, 0.25) is 0 Å². The number of rotatable bonds is 5. The topological polar surface area (TPSA) is 78.4 Å². The predicted molar refractivity (Wildman–Crippen MR) is 111 cm³/mol. The van der Waals surface area contributed by atoms with E-state index < -0.39 is 10.2 Å². The maximum absolute atomic E-state index is 12.0. The van der Waals surface area contributed by atoms with Crippen molar-refractivity contribution >= 4 is 26.9 Å². The first-order valence-corrected chi connectivity index (χ1v) is 10.7. The highest BCUT2D eigenvalue weighted by atomic mass is 32.2. The summed E-state index contributed by atoms with van der Waals surface area (Å²) in [7, 11) is -0.415. The first-order valence-electron chi connectivity index (χ1n) is 9.21. The molecule has 0 saturated carbocycles. The molecule has 1 fully saturated rings. The third-order valence-electron chi connectivity index (χ3n) is 5.29. The van der Waals surface area contributed by atoms with Crippen molar-refractivity contribution in [1.29, 1.82) is 0 Å². The van der Waals surface area contributed by atoms with E-state index in [1.165, 1.54) is 22.1 Å². The van der Waals surface area contributed by atoms with Gasteiger partial charge in [0.05, 0.1) is 5.69 Å². The minimum atomic E-state index is -3.44. The number of aromatic nitrogens is 2. The molecule has 3 aromatic rings. The molecule has 1 saturated heterocycles. The fraction of sp³-hybridized carbons (Fsp3) is 0.300. The number of nitrogens with one attached hydrogen (secondary N) is 1. The molecule has 1 aromatic heterocycles. The maximum atomic E-state index is 12.0. The Morgan fingerprint density at radius 1 is 1.14 bits per heavy atom. The van der Waals surface area contributed by atoms with Crippen LogP contribution >= 0.6 is 0 Å². The first kappa shape index (κ1) is 18.8. The van der Waals surface area contributed by atoms with E-state index in [4.69, 9.17) is 4.98 Å². The summed E-state index contributed by atoms with van der Waals surface area (Å²) in [4.78, 5) is 11.2. The number of hydrogen-bond donors (Lipinski definition) is 1. The molecule has 1 aliphatic rings. The molecule has 0 spiro atoms. The molecule has 146 valence electrons. The van der Waals surface area contributed by atoms with Gasteiger partial charge in [0.25, 0.3) is 10.2 Å². The van der Waals surface area contributed by atoms with Crippen LogP contribution in [0, 0.1) is 0 Å². The quantitative estimate of drug-likeness (QED) is 0.715. The van der Waals surface area contributed by atoms with Crippen LogP contribution in [0.4, 0.5) is 5.95 Å². The fourth-order valence-electron chi connectivity index (χ4n) is 3.57. The van der Waals surface area contributed by atoms with Gasteiger partial charge in [0.2, 0.25) is 5.95 Å². The summed E-state index contributed by atoms with van der Waals surface area (Å²) in [6.45, 7) is 1.29. The minimum absolute atomic E-state index is 0.106. The molecule has 1 N–H and O–H groups in total. The smallest absolute Gasteiger partial charge is 0.279 e. The van der Waals surface area contributed by atoms with Crippen LogP contribution in [0.3, 0.4) is 0 Å². The second kappa shape index (κ2) is 7.46. The molecule has 8 heteroatoms. The summed E-state index contributed by atoms with van der Waals surface area (Å²) in [6.07, 6.45) is 2.50. The normalized spacial score (nSPS) is 17.5. The number of hydrogen-bond acceptors (Lipinski definition) is 5. The van der Waals surface area contributed by atoms with Crippen LogP contribution < -0.4 is 9.62 Å². The number of likely N-dealkylation sites (N-methyl/N-ethyl adjacent to an activating group) is 1. The summed E-state index contributed by atoms with van der Waals surface area (Å²) < 4.78 is 27.8. The standard InChI is InChI=1S/C20H23N5O2S/c1-21-28(26,27)24(2)18-10-12-25(14-18)20-22-11-9-19(23-20)17-8-7-15-5-3-4-6-16(15)13-17/h3-9,11,13,18,21H,10,12,14H2,1-2H3/t18-/m1/s1. The summed E-state index contributed by atoms with van der Waals surface area (Å²) in [5, 5.41) is 2.36. The number of nitrogens with zero attached hydrogens (tertiary/aromatic N) is 4. The van der Waals surface area contributed by atoms with E-state index in [9.17, 15) is 8.42 Å². The van der Waals surface area contributed by atoms with Crippen molar-refractivity contribution in [2.75, 3.05) is 32.1 Å². The van der Waals surface area contributed by atoms with Gasteiger partial charge in [-0.3, -0.25) is 0 Å². The molecule has 1 atom stereocenters. The van der Waals surface area contributed by atoms with Crippen molar-refractivity contribution in [1.82, 2.24) is 19.0 Å². The van der Waals surface area contributed by atoms with Gasteiger partial charge in [-0.2, -0.15) is 12.7 Å². The van der Waals surface area contributed by atoms with E-state index in [-0.39, 0.29) is 6.04 Å². The Kier molecular flexibility index (Phi) is 5.01. The number of benzene rings is 2. The Balaban J connectivity index is 1.57. The molecule has 1 aliphatic heterocycles. The SMILES string of the molecule is CNS(=O)(=O)N(C)[C@@H]1CCN(c2nccc(-c3ccc4ccccc4c3)n2)C1. The van der Waals surface area contributed by atoms with E-state index >= 15 is 0 Å². The van der Waals surface area contributed by atoms with E-state index in [0.29, 0.717) is 12.5 Å². The summed E-state index contributed by atoms with van der Waals surface area (Å²) >= 11 is 0. The highest BCUT2D eigenvalue weighted by Crippen LogP contribution is 2.26. The molecule has 0 unspecified atom stereocenters. The van der Waals surface area contributed by atoms with Gasteiger partial charge in [-0.25, -0.2) is 14.7 Å². The van der Waals surface area contributed by atoms with Gasteiger partial charge in [0.1, 0.15) is 0 Å². The minimum Gasteiger partial charge on any atom is -0.339 e. The van der Waals surface area contributed by atoms with Gasteiger partial charge in [-0.1, -0.05) is 36.4 Å². The summed E-state index contributed by atoms with van der Waals surface area (Å²) in [6, 6.07) is 16.3. The number of anilines is 1. The van der Waals surface area contributed by atoms with Crippen LogP contribution in [-0.4, -0.2) is 55.9 Å². The summed E-state index contributed by atoms with van der Waals surface area (Å²) in [5.41, 5.74) is 1.89. The molecule has 2 aromatic carbocycles. The second-order valence-electron chi connectivity index (χ2n) is 6.92. The van der Waals surface area contributed by atoms with Crippen LogP contribution in [0.1, 0.15) is 6.42 Å². The lowest BCUT2D eigenvalue weighted by atomic mass is 10.1. The van der Waals surface area contributed by atoms with Crippen LogP contribution in [0.25, 0.3) is 22.0 Å². The monoisotopic (exact) mass is 397 g/mol. The van der Waals surface area contributed by atoms with Crippen molar-refractivity contribution < 1.29 is 8.42 Å². The fourth-order valence-corrected chi connectivity index (χ4v) is 4.42. The zero-order valence-corrected chi connectivity index (χ0v) is 16.7. The van der Waals surface area contributed by atoms with Gasteiger partial charge >= 0.3 is 0 Å². The molecular weight excluding hydrogens is 374 g/mol.